The Morgan fingerprint density at radius 2 is 2.19 bits per heavy atom. The van der Waals surface area contributed by atoms with Crippen molar-refractivity contribution in [3.63, 3.8) is 0 Å². The highest BCUT2D eigenvalue weighted by Gasteiger charge is 2.06. The van der Waals surface area contributed by atoms with Gasteiger partial charge in [0.1, 0.15) is 5.82 Å². The molecule has 0 spiro atoms. The van der Waals surface area contributed by atoms with Gasteiger partial charge in [0.05, 0.1) is 10.4 Å². The molecule has 0 bridgehead atoms. The molecule has 0 atom stereocenters. The van der Waals surface area contributed by atoms with Crippen molar-refractivity contribution in [2.24, 2.45) is 5.73 Å². The van der Waals surface area contributed by atoms with E-state index in [9.17, 15) is 0 Å². The van der Waals surface area contributed by atoms with Gasteiger partial charge in [-0.05, 0) is 18.4 Å². The van der Waals surface area contributed by atoms with Gasteiger partial charge in [-0.15, -0.1) is 11.8 Å². The summed E-state index contributed by atoms with van der Waals surface area (Å²) in [7, 11) is 0. The van der Waals surface area contributed by atoms with Crippen LogP contribution in [0.3, 0.4) is 0 Å². The normalized spacial score (nSPS) is 10.3. The molecule has 0 aliphatic rings. The highest BCUT2D eigenvalue weighted by atomic mass is 32.2. The molecule has 5 heteroatoms. The van der Waals surface area contributed by atoms with Gasteiger partial charge in [-0.1, -0.05) is 18.2 Å². The van der Waals surface area contributed by atoms with E-state index in [4.69, 9.17) is 11.1 Å². The molecular formula is C11H12N4S. The van der Waals surface area contributed by atoms with Gasteiger partial charge in [-0.2, -0.15) is 0 Å². The van der Waals surface area contributed by atoms with Crippen molar-refractivity contribution in [3.8, 4) is 0 Å². The van der Waals surface area contributed by atoms with E-state index in [0.29, 0.717) is 5.82 Å². The number of rotatable bonds is 2. The Labute approximate surface area is 97.8 Å². The lowest BCUT2D eigenvalue weighted by molar-refractivity contribution is 1.27. The van der Waals surface area contributed by atoms with Crippen LogP contribution in [0.2, 0.25) is 0 Å². The van der Waals surface area contributed by atoms with Crippen molar-refractivity contribution >= 4 is 34.4 Å². The topological polar surface area (TPSA) is 74.8 Å². The summed E-state index contributed by atoms with van der Waals surface area (Å²) in [6.45, 7) is 0. The molecule has 0 unspecified atom stereocenters. The summed E-state index contributed by atoms with van der Waals surface area (Å²) in [6, 6.07) is 9.90. The molecule has 4 N–H and O–H groups in total. The van der Waals surface area contributed by atoms with E-state index in [1.807, 2.05) is 36.6 Å². The number of anilines is 1. The van der Waals surface area contributed by atoms with Crippen molar-refractivity contribution in [2.75, 3.05) is 11.6 Å². The number of guanidine groups is 1. The third-order valence-corrected chi connectivity index (χ3v) is 2.91. The molecule has 1 aromatic heterocycles. The minimum absolute atomic E-state index is 0.0990. The van der Waals surface area contributed by atoms with Gasteiger partial charge < -0.3 is 11.1 Å². The molecule has 16 heavy (non-hydrogen) atoms. The van der Waals surface area contributed by atoms with Crippen LogP contribution in [0.15, 0.2) is 35.2 Å². The Balaban J connectivity index is 2.58. The number of nitrogens with zero attached hydrogens (tertiary/aromatic N) is 1. The molecule has 82 valence electrons. The molecule has 2 rings (SSSR count). The first kappa shape index (κ1) is 10.8. The van der Waals surface area contributed by atoms with E-state index in [1.54, 1.807) is 11.8 Å². The maximum absolute atomic E-state index is 7.23. The smallest absolute Gasteiger partial charge is 0.191 e. The van der Waals surface area contributed by atoms with Gasteiger partial charge in [-0.3, -0.25) is 5.41 Å². The Kier molecular flexibility index (Phi) is 2.96. The molecule has 0 saturated heterocycles. The summed E-state index contributed by atoms with van der Waals surface area (Å²) in [4.78, 5) is 5.41. The van der Waals surface area contributed by atoms with E-state index < -0.39 is 0 Å². The first-order valence-corrected chi connectivity index (χ1v) is 5.98. The lowest BCUT2D eigenvalue weighted by Gasteiger charge is -2.09. The number of nitrogens with two attached hydrogens (primary N) is 1. The van der Waals surface area contributed by atoms with Crippen LogP contribution in [0, 0.1) is 5.41 Å². The van der Waals surface area contributed by atoms with Crippen molar-refractivity contribution in [3.05, 3.63) is 30.3 Å². The average Bonchev–Trinajstić information content (AvgIpc) is 2.27. The lowest BCUT2D eigenvalue weighted by Crippen LogP contribution is -2.21. The Morgan fingerprint density at radius 3 is 2.88 bits per heavy atom. The minimum Gasteiger partial charge on any atom is -0.370 e. The van der Waals surface area contributed by atoms with Crippen molar-refractivity contribution in [1.29, 1.82) is 5.41 Å². The zero-order valence-corrected chi connectivity index (χ0v) is 9.64. The van der Waals surface area contributed by atoms with E-state index in [0.717, 1.165) is 15.8 Å². The fraction of sp³-hybridized carbons (Fsp3) is 0.0909. The molecular weight excluding hydrogens is 220 g/mol. The van der Waals surface area contributed by atoms with Gasteiger partial charge in [-0.25, -0.2) is 4.98 Å². The van der Waals surface area contributed by atoms with Gasteiger partial charge in [0.15, 0.2) is 5.96 Å². The van der Waals surface area contributed by atoms with E-state index in [1.165, 1.54) is 0 Å². The van der Waals surface area contributed by atoms with Crippen LogP contribution in [0.1, 0.15) is 0 Å². The number of hydrogen-bond donors (Lipinski definition) is 3. The Bertz CT molecular complexity index is 538. The summed E-state index contributed by atoms with van der Waals surface area (Å²) >= 11 is 1.58. The fourth-order valence-corrected chi connectivity index (χ4v) is 2.00. The fourth-order valence-electron chi connectivity index (χ4n) is 1.47. The number of pyridine rings is 1. The zero-order valence-electron chi connectivity index (χ0n) is 8.82. The average molecular weight is 232 g/mol. The Morgan fingerprint density at radius 1 is 1.44 bits per heavy atom. The monoisotopic (exact) mass is 232 g/mol. The molecule has 0 aliphatic carbocycles. The number of hydrogen-bond acceptors (Lipinski definition) is 3. The third-order valence-electron chi connectivity index (χ3n) is 2.16. The SMILES string of the molecule is CSc1cc2ccccc2nc1NC(=N)N. The van der Waals surface area contributed by atoms with Crippen molar-refractivity contribution in [2.45, 2.75) is 4.90 Å². The summed E-state index contributed by atoms with van der Waals surface area (Å²) < 4.78 is 0. The van der Waals surface area contributed by atoms with E-state index in [-0.39, 0.29) is 5.96 Å². The molecule has 4 nitrogen and oxygen atoms in total. The molecule has 2 aromatic rings. The molecule has 0 fully saturated rings. The van der Waals surface area contributed by atoms with Gasteiger partial charge in [0, 0.05) is 5.39 Å². The first-order valence-electron chi connectivity index (χ1n) is 4.75. The van der Waals surface area contributed by atoms with Crippen molar-refractivity contribution in [1.82, 2.24) is 4.98 Å². The van der Waals surface area contributed by atoms with Crippen LogP contribution in [0.5, 0.6) is 0 Å². The zero-order chi connectivity index (χ0) is 11.5. The van der Waals surface area contributed by atoms with Crippen molar-refractivity contribution < 1.29 is 0 Å². The number of para-hydroxylation sites is 1. The molecule has 0 amide bonds. The molecule has 1 aromatic carbocycles. The lowest BCUT2D eigenvalue weighted by atomic mass is 10.2. The first-order chi connectivity index (χ1) is 7.70. The number of benzene rings is 1. The number of aromatic nitrogens is 1. The van der Waals surface area contributed by atoms with Crippen LogP contribution in [-0.4, -0.2) is 17.2 Å². The van der Waals surface area contributed by atoms with Crippen LogP contribution < -0.4 is 11.1 Å². The highest BCUT2D eigenvalue weighted by molar-refractivity contribution is 7.98. The van der Waals surface area contributed by atoms with Crippen LogP contribution in [-0.2, 0) is 0 Å². The van der Waals surface area contributed by atoms with Crippen LogP contribution in [0.25, 0.3) is 10.9 Å². The summed E-state index contributed by atoms with van der Waals surface area (Å²) in [5, 5.41) is 11.1. The predicted octanol–water partition coefficient (Wildman–Crippen LogP) is 2.26. The summed E-state index contributed by atoms with van der Waals surface area (Å²) in [5.74, 6) is 0.539. The number of nitrogens with one attached hydrogen (secondary N) is 2. The quantitative estimate of drug-likeness (QED) is 0.422. The Hall–Kier alpha value is -1.75. The standard InChI is InChI=1S/C11H12N4S/c1-16-9-6-7-4-2-3-5-8(7)14-10(9)15-11(12)13/h2-6H,1H3,(H4,12,13,14,15). The highest BCUT2D eigenvalue weighted by Crippen LogP contribution is 2.27. The second-order valence-corrected chi connectivity index (χ2v) is 4.12. The predicted molar refractivity (Wildman–Crippen MR) is 69.1 cm³/mol. The summed E-state index contributed by atoms with van der Waals surface area (Å²) in [6.07, 6.45) is 1.97. The van der Waals surface area contributed by atoms with Gasteiger partial charge in [0.2, 0.25) is 0 Å². The third kappa shape index (κ3) is 2.09. The largest absolute Gasteiger partial charge is 0.370 e. The molecule has 1 heterocycles. The number of fused-ring (bicyclic) bond motifs is 1. The second-order valence-electron chi connectivity index (χ2n) is 3.27. The minimum atomic E-state index is -0.0990. The maximum atomic E-state index is 7.23. The summed E-state index contributed by atoms with van der Waals surface area (Å²) in [5.41, 5.74) is 6.21. The molecule has 0 aliphatic heterocycles. The number of thioether (sulfide) groups is 1. The molecule has 0 radical (unpaired) electrons. The maximum Gasteiger partial charge on any atom is 0.191 e. The second kappa shape index (κ2) is 4.40. The van der Waals surface area contributed by atoms with E-state index >= 15 is 0 Å². The van der Waals surface area contributed by atoms with Gasteiger partial charge in [0.25, 0.3) is 0 Å². The van der Waals surface area contributed by atoms with Crippen LogP contribution >= 0.6 is 11.8 Å². The molecule has 0 saturated carbocycles. The van der Waals surface area contributed by atoms with E-state index in [2.05, 4.69) is 10.3 Å². The van der Waals surface area contributed by atoms with Crippen LogP contribution in [0.4, 0.5) is 5.82 Å². The van der Waals surface area contributed by atoms with Gasteiger partial charge >= 0.3 is 0 Å².